The summed E-state index contributed by atoms with van der Waals surface area (Å²) in [6.45, 7) is 2.70. The Labute approximate surface area is 61.5 Å². The van der Waals surface area contributed by atoms with E-state index < -0.39 is 8.69 Å². The Morgan fingerprint density at radius 3 is 2.62 bits per heavy atom. The Morgan fingerprint density at radius 2 is 2.25 bits per heavy atom. The maximum absolute atomic E-state index is 9.61. The normalized spacial score (nSPS) is 8.62. The summed E-state index contributed by atoms with van der Waals surface area (Å²) in [5.41, 5.74) is 0. The zero-order chi connectivity index (χ0) is 5.54. The summed E-state index contributed by atoms with van der Waals surface area (Å²) in [6, 6.07) is 0. The van der Waals surface area contributed by atoms with Crippen molar-refractivity contribution in [3.8, 4) is 0 Å². The van der Waals surface area contributed by atoms with E-state index in [4.69, 9.17) is 0 Å². The molecule has 1 atom stereocenters. The van der Waals surface area contributed by atoms with Crippen molar-refractivity contribution in [1.29, 1.82) is 0 Å². The van der Waals surface area contributed by atoms with Crippen LogP contribution in [0.5, 0.6) is 0 Å². The molecule has 1 radical (unpaired) electrons. The van der Waals surface area contributed by atoms with Gasteiger partial charge in [0.1, 0.15) is 6.61 Å². The van der Waals surface area contributed by atoms with Crippen molar-refractivity contribution in [3.05, 3.63) is 0 Å². The molecule has 0 aromatic carbocycles. The first-order valence-electron chi connectivity index (χ1n) is 2.40. The predicted octanol–water partition coefficient (Wildman–Crippen LogP) is 1.74. The van der Waals surface area contributed by atoms with Crippen molar-refractivity contribution in [3.63, 3.8) is 0 Å². The number of hydrogen-bond acceptors (Lipinski definition) is 2. The van der Waals surface area contributed by atoms with Gasteiger partial charge < -0.3 is 0 Å². The minimum atomic E-state index is -0.582. The molecule has 0 aromatic rings. The summed E-state index contributed by atoms with van der Waals surface area (Å²) in [5.74, 6) is 0. The van der Waals surface area contributed by atoms with Gasteiger partial charge in [0, 0.05) is 0 Å². The van der Waals surface area contributed by atoms with Gasteiger partial charge in [0.25, 0.3) is 0 Å². The molecule has 0 N–H and O–H groups in total. The molecule has 0 aliphatic carbocycles. The second-order valence-electron chi connectivity index (χ2n) is 1.29. The zero-order valence-corrected chi connectivity index (χ0v) is 6.81. The van der Waals surface area contributed by atoms with Crippen LogP contribution in [0.25, 0.3) is 0 Å². The maximum atomic E-state index is 9.61. The Kier molecular flexibility index (Phi) is 15.0. The van der Waals surface area contributed by atoms with E-state index in [1.807, 2.05) is 0 Å². The number of unbranched alkanes of at least 4 members (excludes halogenated alkanes) is 1. The molecule has 1 unspecified atom stereocenters. The number of rotatable bonds is 4. The second-order valence-corrected chi connectivity index (χ2v) is 1.74. The minimum Gasteiger partial charge on any atom is -0.148 e. The summed E-state index contributed by atoms with van der Waals surface area (Å²) in [5, 5.41) is 0. The quantitative estimate of drug-likeness (QED) is 0.486. The number of hydrogen-bond donors (Lipinski definition) is 0. The van der Waals surface area contributed by atoms with Gasteiger partial charge in [-0.3, -0.25) is 0 Å². The largest absolute Gasteiger partial charge is 2.00 e. The van der Waals surface area contributed by atoms with Crippen LogP contribution in [-0.2, 0) is 25.9 Å². The molecule has 0 saturated heterocycles. The molecule has 0 aliphatic heterocycles. The third-order valence-electron chi connectivity index (χ3n) is 0.659. The van der Waals surface area contributed by atoms with E-state index >= 15 is 0 Å². The molecule has 0 saturated carbocycles. The molecular weight excluding hydrogens is 170 g/mol. The molecule has 2 nitrogen and oxygen atoms in total. The average Bonchev–Trinajstić information content (AvgIpc) is 1.69. The van der Waals surface area contributed by atoms with Crippen molar-refractivity contribution in [2.24, 2.45) is 0 Å². The molecule has 0 heterocycles. The Balaban J connectivity index is 0. The molecule has 0 bridgehead atoms. The van der Waals surface area contributed by atoms with Crippen LogP contribution in [-0.4, -0.2) is 6.61 Å². The summed E-state index contributed by atoms with van der Waals surface area (Å²) in [7, 11) is -0.582. The van der Waals surface area contributed by atoms with Crippen LogP contribution >= 0.6 is 8.69 Å². The van der Waals surface area contributed by atoms with E-state index in [2.05, 4.69) is 11.4 Å². The van der Waals surface area contributed by atoms with Crippen molar-refractivity contribution >= 4 is 8.69 Å². The van der Waals surface area contributed by atoms with E-state index in [9.17, 15) is 4.57 Å². The second kappa shape index (κ2) is 10.5. The van der Waals surface area contributed by atoms with Gasteiger partial charge in [-0.2, -0.15) is 0 Å². The van der Waals surface area contributed by atoms with Gasteiger partial charge in [0.15, 0.2) is 0 Å². The molecule has 0 spiro atoms. The minimum absolute atomic E-state index is 0. The summed E-state index contributed by atoms with van der Waals surface area (Å²) < 4.78 is 14.2. The summed E-state index contributed by atoms with van der Waals surface area (Å²) >= 11 is 0. The molecule has 49 valence electrons. The molecule has 0 rings (SSSR count). The standard InChI is InChI=1S/C4H10O2P.Co/c1-2-3-4-6-7-5;/h7H,2-4H2,1H3;/q+1;+2. The van der Waals surface area contributed by atoms with Crippen LogP contribution in [0.2, 0.25) is 0 Å². The van der Waals surface area contributed by atoms with Gasteiger partial charge in [-0.05, 0) is 11.0 Å². The Morgan fingerprint density at radius 1 is 1.62 bits per heavy atom. The summed E-state index contributed by atoms with van der Waals surface area (Å²) in [6.07, 6.45) is 2.11. The van der Waals surface area contributed by atoms with Crippen molar-refractivity contribution in [1.82, 2.24) is 0 Å². The Bertz CT molecular complexity index is 51.3. The van der Waals surface area contributed by atoms with Crippen LogP contribution in [0, 0.1) is 0 Å². The molecule has 8 heavy (non-hydrogen) atoms. The van der Waals surface area contributed by atoms with Crippen LogP contribution in [0.15, 0.2) is 0 Å². The average molecular weight is 180 g/mol. The fraction of sp³-hybridized carbons (Fsp3) is 1.00. The maximum Gasteiger partial charge on any atom is 2.00 e. The van der Waals surface area contributed by atoms with E-state index in [1.165, 1.54) is 0 Å². The van der Waals surface area contributed by atoms with Gasteiger partial charge in [-0.15, -0.1) is 4.52 Å². The fourth-order valence-corrected chi connectivity index (χ4v) is 0.486. The van der Waals surface area contributed by atoms with Crippen molar-refractivity contribution in [2.75, 3.05) is 6.61 Å². The topological polar surface area (TPSA) is 26.3 Å². The molecular formula is C4H10CoO2P+3. The van der Waals surface area contributed by atoms with E-state index in [0.29, 0.717) is 6.61 Å². The van der Waals surface area contributed by atoms with Crippen LogP contribution in [0.1, 0.15) is 19.8 Å². The summed E-state index contributed by atoms with van der Waals surface area (Å²) in [4.78, 5) is 0. The first kappa shape index (κ1) is 11.4. The van der Waals surface area contributed by atoms with Gasteiger partial charge in [-0.25, -0.2) is 0 Å². The van der Waals surface area contributed by atoms with E-state index in [0.717, 1.165) is 12.8 Å². The molecule has 0 aromatic heterocycles. The van der Waals surface area contributed by atoms with E-state index in [-0.39, 0.29) is 16.8 Å². The molecule has 0 aliphatic rings. The van der Waals surface area contributed by atoms with Gasteiger partial charge in [-0.1, -0.05) is 13.3 Å². The van der Waals surface area contributed by atoms with Crippen molar-refractivity contribution in [2.45, 2.75) is 19.8 Å². The molecule has 0 fully saturated rings. The van der Waals surface area contributed by atoms with Crippen LogP contribution in [0.3, 0.4) is 0 Å². The third kappa shape index (κ3) is 9.76. The van der Waals surface area contributed by atoms with Gasteiger partial charge in [0.05, 0.1) is 0 Å². The third-order valence-corrected chi connectivity index (χ3v) is 0.981. The SMILES string of the molecule is CCCCO[PH+]=O.[Co+2]. The first-order valence-corrected chi connectivity index (χ1v) is 3.22. The fourth-order valence-electron chi connectivity index (χ4n) is 0.258. The van der Waals surface area contributed by atoms with Gasteiger partial charge >= 0.3 is 25.5 Å². The first-order chi connectivity index (χ1) is 3.41. The van der Waals surface area contributed by atoms with Crippen LogP contribution in [0.4, 0.5) is 0 Å². The predicted molar refractivity (Wildman–Crippen MR) is 29.9 cm³/mol. The smallest absolute Gasteiger partial charge is 0.148 e. The van der Waals surface area contributed by atoms with E-state index in [1.54, 1.807) is 0 Å². The monoisotopic (exact) mass is 180 g/mol. The Hall–Kier alpha value is 0.566. The molecule has 0 amide bonds. The van der Waals surface area contributed by atoms with Gasteiger partial charge in [0.2, 0.25) is 0 Å². The zero-order valence-electron chi connectivity index (χ0n) is 4.77. The van der Waals surface area contributed by atoms with Crippen LogP contribution < -0.4 is 0 Å². The molecule has 4 heteroatoms. The van der Waals surface area contributed by atoms with Crippen molar-refractivity contribution < 1.29 is 25.9 Å².